The van der Waals surface area contributed by atoms with Crippen LogP contribution in [0.4, 0.5) is 0 Å². The number of rotatable bonds is 6. The first-order valence-corrected chi connectivity index (χ1v) is 7.29. The summed E-state index contributed by atoms with van der Waals surface area (Å²) in [6.07, 6.45) is 3.64. The summed E-state index contributed by atoms with van der Waals surface area (Å²) in [6, 6.07) is 2.54. The van der Waals surface area contributed by atoms with Gasteiger partial charge in [0.15, 0.2) is 0 Å². The van der Waals surface area contributed by atoms with E-state index in [2.05, 4.69) is 53.3 Å². The van der Waals surface area contributed by atoms with Gasteiger partial charge in [0.2, 0.25) is 0 Å². The van der Waals surface area contributed by atoms with E-state index in [1.165, 1.54) is 21.3 Å². The summed E-state index contributed by atoms with van der Waals surface area (Å²) in [4.78, 5) is 0. The molecule has 2 nitrogen and oxygen atoms in total. The summed E-state index contributed by atoms with van der Waals surface area (Å²) in [5, 5.41) is 2.20. The van der Waals surface area contributed by atoms with Crippen LogP contribution in [0.2, 0.25) is 0 Å². The first-order chi connectivity index (χ1) is 7.13. The Kier molecular flexibility index (Phi) is 6.11. The van der Waals surface area contributed by atoms with E-state index in [9.17, 15) is 0 Å². The molecule has 0 bridgehead atoms. The lowest BCUT2D eigenvalue weighted by Gasteiger charge is -2.15. The maximum absolute atomic E-state index is 5.58. The number of nitrogens with two attached hydrogens (primary N) is 1. The van der Waals surface area contributed by atoms with E-state index >= 15 is 0 Å². The van der Waals surface area contributed by atoms with Crippen molar-refractivity contribution in [1.29, 1.82) is 0 Å². The number of thiophene rings is 1. The summed E-state index contributed by atoms with van der Waals surface area (Å²) >= 11 is 4.13. The van der Waals surface area contributed by atoms with E-state index in [0.717, 1.165) is 12.3 Å². The second kappa shape index (κ2) is 6.83. The maximum Gasteiger partial charge on any atom is 0.0656 e. The normalized spacial score (nSPS) is 13.4. The fourth-order valence-corrected chi connectivity index (χ4v) is 3.01. The van der Waals surface area contributed by atoms with Crippen molar-refractivity contribution in [3.63, 3.8) is 0 Å². The molecule has 0 saturated carbocycles. The van der Waals surface area contributed by atoms with Crippen LogP contribution in [0.25, 0.3) is 0 Å². The molecule has 0 amide bonds. The molecule has 1 heterocycles. The van der Waals surface area contributed by atoms with Gasteiger partial charge in [-0.2, -0.15) is 0 Å². The topological polar surface area (TPSA) is 38.0 Å². The zero-order valence-corrected chi connectivity index (χ0v) is 12.3. The third kappa shape index (κ3) is 4.80. The molecule has 86 valence electrons. The number of halogens is 1. The predicted molar refractivity (Wildman–Crippen MR) is 75.8 cm³/mol. The second-order valence-electron chi connectivity index (χ2n) is 4.23. The molecular weight excluding hydrogens is 319 g/mol. The maximum atomic E-state index is 5.58. The van der Waals surface area contributed by atoms with E-state index in [-0.39, 0.29) is 0 Å². The largest absolute Gasteiger partial charge is 0.271 e. The summed E-state index contributed by atoms with van der Waals surface area (Å²) in [7, 11) is 0. The minimum Gasteiger partial charge on any atom is -0.271 e. The van der Waals surface area contributed by atoms with Crippen molar-refractivity contribution in [1.82, 2.24) is 5.43 Å². The molecule has 1 aromatic heterocycles. The van der Waals surface area contributed by atoms with Crippen molar-refractivity contribution in [2.45, 2.75) is 39.2 Å². The fraction of sp³-hybridized carbons (Fsp3) is 0.636. The van der Waals surface area contributed by atoms with Gasteiger partial charge in [-0.15, -0.1) is 11.3 Å². The van der Waals surface area contributed by atoms with Crippen molar-refractivity contribution < 1.29 is 0 Å². The molecule has 0 radical (unpaired) electrons. The van der Waals surface area contributed by atoms with E-state index < -0.39 is 0 Å². The van der Waals surface area contributed by atoms with Gasteiger partial charge >= 0.3 is 0 Å². The zero-order chi connectivity index (χ0) is 11.3. The number of hydrogen-bond acceptors (Lipinski definition) is 3. The Morgan fingerprint density at radius 1 is 1.47 bits per heavy atom. The van der Waals surface area contributed by atoms with Gasteiger partial charge in [0.1, 0.15) is 0 Å². The van der Waals surface area contributed by atoms with Gasteiger partial charge in [-0.05, 0) is 51.9 Å². The average molecular weight is 338 g/mol. The lowest BCUT2D eigenvalue weighted by Crippen LogP contribution is -2.27. The Balaban J connectivity index is 2.42. The Morgan fingerprint density at radius 3 is 2.67 bits per heavy atom. The summed E-state index contributed by atoms with van der Waals surface area (Å²) in [5.74, 6) is 6.37. The molecule has 1 unspecified atom stereocenters. The van der Waals surface area contributed by atoms with Gasteiger partial charge in [-0.1, -0.05) is 26.7 Å². The monoisotopic (exact) mass is 338 g/mol. The standard InChI is InChI=1S/C11H19IN2S/c1-8(2)4-3-5-10(14-13)9-6-11(12)15-7-9/h6-8,10,14H,3-5,13H2,1-2H3. The van der Waals surface area contributed by atoms with Crippen LogP contribution >= 0.6 is 33.9 Å². The van der Waals surface area contributed by atoms with Crippen molar-refractivity contribution in [2.75, 3.05) is 0 Å². The zero-order valence-electron chi connectivity index (χ0n) is 9.29. The SMILES string of the molecule is CC(C)CCCC(NN)c1csc(I)c1. The summed E-state index contributed by atoms with van der Waals surface area (Å²) < 4.78 is 1.33. The number of nitrogens with one attached hydrogen (secondary N) is 1. The average Bonchev–Trinajstić information content (AvgIpc) is 2.59. The molecule has 0 aliphatic carbocycles. The molecule has 1 atom stereocenters. The number of hydrogen-bond donors (Lipinski definition) is 2. The molecule has 0 fully saturated rings. The van der Waals surface area contributed by atoms with Crippen molar-refractivity contribution in [3.8, 4) is 0 Å². The highest BCUT2D eigenvalue weighted by atomic mass is 127. The van der Waals surface area contributed by atoms with E-state index in [0.29, 0.717) is 6.04 Å². The molecule has 0 spiro atoms. The van der Waals surface area contributed by atoms with Crippen LogP contribution in [0.5, 0.6) is 0 Å². The minimum absolute atomic E-state index is 0.323. The molecule has 4 heteroatoms. The van der Waals surface area contributed by atoms with Gasteiger partial charge in [-0.25, -0.2) is 0 Å². The van der Waals surface area contributed by atoms with Crippen LogP contribution in [0.3, 0.4) is 0 Å². The van der Waals surface area contributed by atoms with E-state index in [1.54, 1.807) is 11.3 Å². The van der Waals surface area contributed by atoms with Crippen LogP contribution < -0.4 is 11.3 Å². The highest BCUT2D eigenvalue weighted by molar-refractivity contribution is 14.1. The third-order valence-corrected chi connectivity index (χ3v) is 4.27. The first kappa shape index (κ1) is 13.4. The highest BCUT2D eigenvalue weighted by Crippen LogP contribution is 2.25. The Labute approximate surface area is 110 Å². The predicted octanol–water partition coefficient (Wildman–Crippen LogP) is 3.68. The van der Waals surface area contributed by atoms with Crippen molar-refractivity contribution in [3.05, 3.63) is 19.9 Å². The van der Waals surface area contributed by atoms with Crippen LogP contribution in [0.1, 0.15) is 44.7 Å². The van der Waals surface area contributed by atoms with Gasteiger partial charge in [-0.3, -0.25) is 11.3 Å². The lowest BCUT2D eigenvalue weighted by atomic mass is 10.0. The van der Waals surface area contributed by atoms with Gasteiger partial charge in [0.05, 0.1) is 2.88 Å². The smallest absolute Gasteiger partial charge is 0.0656 e. The first-order valence-electron chi connectivity index (χ1n) is 5.33. The molecule has 1 rings (SSSR count). The molecule has 3 N–H and O–H groups in total. The summed E-state index contributed by atoms with van der Waals surface area (Å²) in [5.41, 5.74) is 4.24. The summed E-state index contributed by atoms with van der Waals surface area (Å²) in [6.45, 7) is 4.52. The van der Waals surface area contributed by atoms with Crippen LogP contribution in [-0.2, 0) is 0 Å². The van der Waals surface area contributed by atoms with Gasteiger partial charge < -0.3 is 0 Å². The molecular formula is C11H19IN2S. The van der Waals surface area contributed by atoms with Crippen LogP contribution in [-0.4, -0.2) is 0 Å². The van der Waals surface area contributed by atoms with Gasteiger partial charge in [0, 0.05) is 6.04 Å². The Hall–Kier alpha value is 0.350. The van der Waals surface area contributed by atoms with Crippen LogP contribution in [0, 0.1) is 8.80 Å². The Bertz CT molecular complexity index is 286. The van der Waals surface area contributed by atoms with Crippen molar-refractivity contribution >= 4 is 33.9 Å². The Morgan fingerprint density at radius 2 is 2.20 bits per heavy atom. The fourth-order valence-electron chi connectivity index (χ4n) is 1.58. The minimum atomic E-state index is 0.323. The molecule has 1 aromatic rings. The molecule has 0 aliphatic rings. The molecule has 0 saturated heterocycles. The van der Waals surface area contributed by atoms with Gasteiger partial charge in [0.25, 0.3) is 0 Å². The van der Waals surface area contributed by atoms with E-state index in [1.807, 2.05) is 0 Å². The number of hydrazine groups is 1. The quantitative estimate of drug-likeness (QED) is 0.472. The van der Waals surface area contributed by atoms with Crippen molar-refractivity contribution in [2.24, 2.45) is 11.8 Å². The molecule has 0 aliphatic heterocycles. The highest BCUT2D eigenvalue weighted by Gasteiger charge is 2.11. The molecule has 0 aromatic carbocycles. The van der Waals surface area contributed by atoms with E-state index in [4.69, 9.17) is 5.84 Å². The lowest BCUT2D eigenvalue weighted by molar-refractivity contribution is 0.456. The third-order valence-electron chi connectivity index (χ3n) is 2.47. The molecule has 15 heavy (non-hydrogen) atoms. The second-order valence-corrected chi connectivity index (χ2v) is 7.03. The van der Waals surface area contributed by atoms with Crippen LogP contribution in [0.15, 0.2) is 11.4 Å².